The molecular weight excluding hydrogens is 721 g/mol. The number of fused-ring (bicyclic) bond motifs is 4. The Morgan fingerprint density at radius 3 is 1.51 bits per heavy atom. The van der Waals surface area contributed by atoms with Crippen LogP contribution in [-0.4, -0.2) is 68.9 Å². The molecule has 0 fully saturated rings. The standard InChI is InChI=1S/C47H50N2O8/c1-20-10-26-28(42-32-14-22(3)48-24(5)40(32)34(50)18-36(42)52)16-30(46(54)44(26)38(12-20)56-8)31-17-29(27-11-21(2)13-39(57-9)45(27)47(31)55)43-33-15-23(4)49(7)25(6)41(33)35(51)19-37(43)53/h10-13,16-19,22-25,48,50-55H,14-15H2,1-9H3/t22-,23+,24-,25+/m0/s1. The number of ether oxygens (including phenoxy) is 2. The molecule has 6 aromatic rings. The Labute approximate surface area is 332 Å². The van der Waals surface area contributed by atoms with E-state index in [1.54, 1.807) is 12.1 Å². The van der Waals surface area contributed by atoms with E-state index in [4.69, 9.17) is 9.47 Å². The quantitative estimate of drug-likeness (QED) is 0.0902. The average molecular weight is 771 g/mol. The smallest absolute Gasteiger partial charge is 0.135 e. The van der Waals surface area contributed by atoms with Crippen LogP contribution in [0.1, 0.15) is 73.2 Å². The average Bonchev–Trinajstić information content (AvgIpc) is 3.14. The number of likely N-dealkylation sites (N-methyl/N-ethyl adjacent to an activating group) is 1. The highest BCUT2D eigenvalue weighted by Gasteiger charge is 2.35. The number of phenols is 6. The van der Waals surface area contributed by atoms with Crippen LogP contribution in [0.15, 0.2) is 48.5 Å². The van der Waals surface area contributed by atoms with Crippen molar-refractivity contribution in [3.05, 3.63) is 81.9 Å². The molecule has 0 radical (unpaired) electrons. The first kappa shape index (κ1) is 38.1. The van der Waals surface area contributed by atoms with Gasteiger partial charge in [0.2, 0.25) is 0 Å². The minimum Gasteiger partial charge on any atom is -0.507 e. The van der Waals surface area contributed by atoms with Gasteiger partial charge >= 0.3 is 0 Å². The summed E-state index contributed by atoms with van der Waals surface area (Å²) in [6.45, 7) is 12.0. The lowest BCUT2D eigenvalue weighted by atomic mass is 9.80. The number of benzene rings is 6. The largest absolute Gasteiger partial charge is 0.507 e. The Morgan fingerprint density at radius 2 is 1.04 bits per heavy atom. The van der Waals surface area contributed by atoms with Gasteiger partial charge in [0.1, 0.15) is 46.0 Å². The first-order chi connectivity index (χ1) is 27.1. The third-order valence-corrected chi connectivity index (χ3v) is 12.5. The molecule has 0 saturated heterocycles. The van der Waals surface area contributed by atoms with Crippen molar-refractivity contribution in [2.45, 2.75) is 78.6 Å². The van der Waals surface area contributed by atoms with E-state index in [1.165, 1.54) is 26.4 Å². The van der Waals surface area contributed by atoms with Crippen molar-refractivity contribution < 1.29 is 40.1 Å². The fraction of sp³-hybridized carbons (Fsp3) is 0.319. The van der Waals surface area contributed by atoms with Gasteiger partial charge in [0.15, 0.2) is 0 Å². The van der Waals surface area contributed by atoms with Gasteiger partial charge in [0.05, 0.1) is 25.0 Å². The van der Waals surface area contributed by atoms with E-state index in [-0.39, 0.29) is 69.8 Å². The van der Waals surface area contributed by atoms with Crippen LogP contribution < -0.4 is 14.8 Å². The molecule has 57 heavy (non-hydrogen) atoms. The molecule has 10 heteroatoms. The summed E-state index contributed by atoms with van der Waals surface area (Å²) in [6, 6.07) is 13.6. The number of hydrogen-bond donors (Lipinski definition) is 7. The lowest BCUT2D eigenvalue weighted by molar-refractivity contribution is 0.176. The third-order valence-electron chi connectivity index (χ3n) is 12.5. The van der Waals surface area contributed by atoms with E-state index >= 15 is 0 Å². The van der Waals surface area contributed by atoms with E-state index in [2.05, 4.69) is 24.1 Å². The summed E-state index contributed by atoms with van der Waals surface area (Å²) in [5.74, 6) is 0.224. The highest BCUT2D eigenvalue weighted by atomic mass is 16.5. The molecule has 0 spiro atoms. The molecule has 0 bridgehead atoms. The molecular formula is C47H50N2O8. The van der Waals surface area contributed by atoms with Crippen molar-refractivity contribution in [1.82, 2.24) is 10.2 Å². The van der Waals surface area contributed by atoms with Crippen LogP contribution in [0, 0.1) is 13.8 Å². The van der Waals surface area contributed by atoms with Gasteiger partial charge < -0.3 is 45.4 Å². The highest BCUT2D eigenvalue weighted by molar-refractivity contribution is 6.13. The minimum absolute atomic E-state index is 0.00430. The first-order valence-corrected chi connectivity index (χ1v) is 19.4. The summed E-state index contributed by atoms with van der Waals surface area (Å²) in [7, 11) is 5.08. The molecule has 0 unspecified atom stereocenters. The fourth-order valence-electron chi connectivity index (χ4n) is 9.74. The normalized spacial score (nSPS) is 19.5. The Morgan fingerprint density at radius 1 is 0.579 bits per heavy atom. The van der Waals surface area contributed by atoms with Crippen LogP contribution in [-0.2, 0) is 12.8 Å². The molecule has 10 nitrogen and oxygen atoms in total. The van der Waals surface area contributed by atoms with Gasteiger partial charge in [-0.1, -0.05) is 12.1 Å². The first-order valence-electron chi connectivity index (χ1n) is 19.4. The van der Waals surface area contributed by atoms with Gasteiger partial charge in [-0.2, -0.15) is 0 Å². The molecule has 8 rings (SSSR count). The molecule has 0 aromatic heterocycles. The SMILES string of the molecule is COc1cc(C)cc2c(-c3c(O)cc(O)c4c3C[C@H](C)N[C@H]4C)cc(-c3cc(-c4c(O)cc(O)c5c4C[C@@H](C)N(C)[C@@H]5C)c4cc(C)cc(OC)c4c3O)c(O)c12. The molecule has 2 aliphatic rings. The maximum atomic E-state index is 12.5. The Kier molecular flexibility index (Phi) is 9.13. The van der Waals surface area contributed by atoms with Crippen molar-refractivity contribution in [3.8, 4) is 79.4 Å². The second kappa shape index (κ2) is 13.7. The number of nitrogens with one attached hydrogen (secondary N) is 1. The summed E-state index contributed by atoms with van der Waals surface area (Å²) in [5, 5.41) is 76.5. The number of hydrogen-bond acceptors (Lipinski definition) is 10. The zero-order chi connectivity index (χ0) is 40.9. The molecule has 296 valence electrons. The highest BCUT2D eigenvalue weighted by Crippen LogP contribution is 2.56. The molecule has 2 heterocycles. The van der Waals surface area contributed by atoms with E-state index in [0.29, 0.717) is 79.3 Å². The van der Waals surface area contributed by atoms with Crippen LogP contribution in [0.4, 0.5) is 0 Å². The monoisotopic (exact) mass is 770 g/mol. The van der Waals surface area contributed by atoms with Gasteiger partial charge in [0, 0.05) is 69.7 Å². The molecule has 4 atom stereocenters. The van der Waals surface area contributed by atoms with Gasteiger partial charge in [-0.15, -0.1) is 0 Å². The molecule has 6 aromatic carbocycles. The summed E-state index contributed by atoms with van der Waals surface area (Å²) >= 11 is 0. The predicted molar refractivity (Wildman–Crippen MR) is 224 cm³/mol. The maximum Gasteiger partial charge on any atom is 0.135 e. The molecule has 0 aliphatic carbocycles. The van der Waals surface area contributed by atoms with Gasteiger partial charge in [-0.3, -0.25) is 4.90 Å². The van der Waals surface area contributed by atoms with Gasteiger partial charge in [0.25, 0.3) is 0 Å². The van der Waals surface area contributed by atoms with Crippen LogP contribution in [0.3, 0.4) is 0 Å². The van der Waals surface area contributed by atoms with Crippen molar-refractivity contribution in [2.75, 3.05) is 21.3 Å². The van der Waals surface area contributed by atoms with Crippen molar-refractivity contribution >= 4 is 21.5 Å². The molecule has 0 amide bonds. The maximum absolute atomic E-state index is 12.5. The van der Waals surface area contributed by atoms with Crippen LogP contribution in [0.2, 0.25) is 0 Å². The zero-order valence-corrected chi connectivity index (χ0v) is 33.8. The van der Waals surface area contributed by atoms with E-state index in [9.17, 15) is 30.6 Å². The number of aromatic hydroxyl groups is 6. The number of phenolic OH excluding ortho intramolecular Hbond substituents is 6. The van der Waals surface area contributed by atoms with E-state index in [0.717, 1.165) is 22.3 Å². The zero-order valence-electron chi connectivity index (χ0n) is 33.8. The lowest BCUT2D eigenvalue weighted by Gasteiger charge is -2.39. The number of methoxy groups -OCH3 is 2. The van der Waals surface area contributed by atoms with E-state index in [1.807, 2.05) is 59.0 Å². The second-order valence-corrected chi connectivity index (χ2v) is 16.2. The summed E-state index contributed by atoms with van der Waals surface area (Å²) in [4.78, 5) is 2.19. The predicted octanol–water partition coefficient (Wildman–Crippen LogP) is 9.39. The Hall–Kier alpha value is -5.84. The summed E-state index contributed by atoms with van der Waals surface area (Å²) in [6.07, 6.45) is 1.05. The summed E-state index contributed by atoms with van der Waals surface area (Å²) in [5.41, 5.74) is 7.35. The van der Waals surface area contributed by atoms with Crippen molar-refractivity contribution in [3.63, 3.8) is 0 Å². The molecule has 0 saturated carbocycles. The molecule has 2 aliphatic heterocycles. The Balaban J connectivity index is 1.55. The number of aryl methyl sites for hydroxylation is 2. The van der Waals surface area contributed by atoms with E-state index < -0.39 is 0 Å². The second-order valence-electron chi connectivity index (χ2n) is 16.2. The fourth-order valence-corrected chi connectivity index (χ4v) is 9.74. The minimum atomic E-state index is -0.209. The van der Waals surface area contributed by atoms with Crippen LogP contribution >= 0.6 is 0 Å². The number of rotatable bonds is 5. The number of nitrogens with zero attached hydrogens (tertiary/aromatic N) is 1. The topological polar surface area (TPSA) is 155 Å². The third kappa shape index (κ3) is 5.76. The molecule has 7 N–H and O–H groups in total. The lowest BCUT2D eigenvalue weighted by Crippen LogP contribution is -2.38. The van der Waals surface area contributed by atoms with Crippen LogP contribution in [0.5, 0.6) is 46.0 Å². The van der Waals surface area contributed by atoms with Gasteiger partial charge in [-0.05, 0) is 130 Å². The van der Waals surface area contributed by atoms with Gasteiger partial charge in [-0.25, -0.2) is 0 Å². The summed E-state index contributed by atoms with van der Waals surface area (Å²) < 4.78 is 11.8. The van der Waals surface area contributed by atoms with Crippen LogP contribution in [0.25, 0.3) is 54.9 Å². The Bertz CT molecular complexity index is 2670. The van der Waals surface area contributed by atoms with Crippen molar-refractivity contribution in [1.29, 1.82) is 0 Å². The van der Waals surface area contributed by atoms with Crippen molar-refractivity contribution in [2.24, 2.45) is 0 Å².